The van der Waals surface area contributed by atoms with E-state index in [-0.39, 0.29) is 5.52 Å². The van der Waals surface area contributed by atoms with Crippen LogP contribution in [0.25, 0.3) is 10.2 Å². The van der Waals surface area contributed by atoms with Gasteiger partial charge >= 0.3 is 12.1 Å². The first-order chi connectivity index (χ1) is 11.5. The van der Waals surface area contributed by atoms with Crippen LogP contribution in [0.2, 0.25) is 0 Å². The van der Waals surface area contributed by atoms with E-state index in [0.717, 1.165) is 14.0 Å². The fraction of sp³-hybridized carbons (Fsp3) is 0.400. The number of para-hydroxylation sites is 1. The van der Waals surface area contributed by atoms with E-state index in [1.165, 1.54) is 6.07 Å². The van der Waals surface area contributed by atoms with Crippen molar-refractivity contribution in [3.8, 4) is 0 Å². The molecule has 0 spiro atoms. The van der Waals surface area contributed by atoms with Crippen LogP contribution in [0.3, 0.4) is 0 Å². The maximum atomic E-state index is 13.5. The third-order valence-corrected chi connectivity index (χ3v) is 5.04. The van der Waals surface area contributed by atoms with Gasteiger partial charge in [-0.2, -0.15) is 13.2 Å². The Kier molecular flexibility index (Phi) is 5.05. The Hall–Kier alpha value is -2.20. The molecule has 2 rings (SSSR count). The van der Waals surface area contributed by atoms with E-state index in [1.54, 1.807) is 18.2 Å². The number of carbonyl (C=O) groups excluding carboxylic acids is 1. The zero-order chi connectivity index (χ0) is 19.0. The van der Waals surface area contributed by atoms with Gasteiger partial charge in [0.15, 0.2) is 0 Å². The number of amides is 1. The standard InChI is InChI=1S/C15H15F3N2O4S/c1-8(12(22)23)20(2)11(21)7-14(24,15(16,17)18)13-19-9-5-3-4-6-10(9)25-13/h3-6,8,24H,7H2,1-2H3,(H,22,23). The molecule has 1 heterocycles. The minimum Gasteiger partial charge on any atom is -0.480 e. The molecule has 10 heteroatoms. The molecule has 0 fully saturated rings. The number of carboxylic acid groups (broad SMARTS) is 1. The molecule has 0 saturated carbocycles. The number of fused-ring (bicyclic) bond motifs is 1. The molecule has 1 aromatic heterocycles. The largest absolute Gasteiger partial charge is 0.480 e. The highest BCUT2D eigenvalue weighted by molar-refractivity contribution is 7.18. The van der Waals surface area contributed by atoms with Crippen molar-refractivity contribution in [2.75, 3.05) is 7.05 Å². The lowest BCUT2D eigenvalue weighted by molar-refractivity contribution is -0.268. The molecular formula is C15H15F3N2O4S. The highest BCUT2D eigenvalue weighted by Crippen LogP contribution is 2.44. The van der Waals surface area contributed by atoms with Gasteiger partial charge in [-0.1, -0.05) is 12.1 Å². The van der Waals surface area contributed by atoms with Gasteiger partial charge in [-0.05, 0) is 19.1 Å². The molecule has 1 aromatic carbocycles. The Labute approximate surface area is 144 Å². The number of carbonyl (C=O) groups is 2. The number of hydrogen-bond acceptors (Lipinski definition) is 5. The third kappa shape index (κ3) is 3.59. The highest BCUT2D eigenvalue weighted by Gasteiger charge is 2.58. The maximum Gasteiger partial charge on any atom is 0.424 e. The molecule has 0 saturated heterocycles. The van der Waals surface area contributed by atoms with Crippen molar-refractivity contribution < 1.29 is 33.0 Å². The minimum atomic E-state index is -5.16. The predicted molar refractivity (Wildman–Crippen MR) is 84.1 cm³/mol. The van der Waals surface area contributed by atoms with Crippen LogP contribution in [0.4, 0.5) is 13.2 Å². The zero-order valence-corrected chi connectivity index (χ0v) is 14.1. The molecule has 6 nitrogen and oxygen atoms in total. The molecule has 0 bridgehead atoms. The van der Waals surface area contributed by atoms with E-state index in [2.05, 4.69) is 4.98 Å². The van der Waals surface area contributed by atoms with Crippen molar-refractivity contribution in [2.45, 2.75) is 31.2 Å². The first-order valence-electron chi connectivity index (χ1n) is 7.11. The monoisotopic (exact) mass is 376 g/mol. The molecule has 0 radical (unpaired) electrons. The molecule has 2 unspecified atom stereocenters. The molecule has 2 aromatic rings. The van der Waals surface area contributed by atoms with Gasteiger partial charge in [0, 0.05) is 7.05 Å². The summed E-state index contributed by atoms with van der Waals surface area (Å²) in [6, 6.07) is 4.91. The number of aliphatic carboxylic acids is 1. The van der Waals surface area contributed by atoms with Gasteiger partial charge in [-0.15, -0.1) is 11.3 Å². The van der Waals surface area contributed by atoms with Crippen LogP contribution in [-0.4, -0.2) is 51.2 Å². The van der Waals surface area contributed by atoms with Gasteiger partial charge in [0.05, 0.1) is 16.6 Å². The van der Waals surface area contributed by atoms with E-state index in [1.807, 2.05) is 0 Å². The Morgan fingerprint density at radius 3 is 2.44 bits per heavy atom. The van der Waals surface area contributed by atoms with Gasteiger partial charge < -0.3 is 15.1 Å². The van der Waals surface area contributed by atoms with Crippen molar-refractivity contribution in [1.29, 1.82) is 0 Å². The van der Waals surface area contributed by atoms with Crippen LogP contribution in [-0.2, 0) is 15.2 Å². The van der Waals surface area contributed by atoms with Gasteiger partial charge in [0.25, 0.3) is 0 Å². The number of aliphatic hydroxyl groups is 1. The maximum absolute atomic E-state index is 13.5. The molecular weight excluding hydrogens is 361 g/mol. The predicted octanol–water partition coefficient (Wildman–Crippen LogP) is 2.37. The molecule has 1 amide bonds. The quantitative estimate of drug-likeness (QED) is 0.836. The van der Waals surface area contributed by atoms with Crippen LogP contribution in [0, 0.1) is 0 Å². The second-order valence-corrected chi connectivity index (χ2v) is 6.57. The summed E-state index contributed by atoms with van der Waals surface area (Å²) >= 11 is 0.631. The summed E-state index contributed by atoms with van der Waals surface area (Å²) in [5.41, 5.74) is -3.23. The topological polar surface area (TPSA) is 90.7 Å². The summed E-state index contributed by atoms with van der Waals surface area (Å²) in [7, 11) is 1.07. The molecule has 25 heavy (non-hydrogen) atoms. The lowest BCUT2D eigenvalue weighted by atomic mass is 9.98. The first-order valence-corrected chi connectivity index (χ1v) is 7.92. The van der Waals surface area contributed by atoms with E-state index in [0.29, 0.717) is 20.9 Å². The average Bonchev–Trinajstić information content (AvgIpc) is 2.96. The lowest BCUT2D eigenvalue weighted by Gasteiger charge is -2.30. The van der Waals surface area contributed by atoms with E-state index >= 15 is 0 Å². The van der Waals surface area contributed by atoms with Gasteiger partial charge in [-0.25, -0.2) is 9.78 Å². The number of aromatic nitrogens is 1. The molecule has 2 N–H and O–H groups in total. The average molecular weight is 376 g/mol. The smallest absolute Gasteiger partial charge is 0.424 e. The number of thiazole rings is 1. The second kappa shape index (κ2) is 6.60. The number of alkyl halides is 3. The SMILES string of the molecule is CC(C(=O)O)N(C)C(=O)CC(O)(c1nc2ccccc2s1)C(F)(F)F. The Morgan fingerprint density at radius 1 is 1.32 bits per heavy atom. The molecule has 0 aliphatic carbocycles. The number of halogens is 3. The van der Waals surface area contributed by atoms with Crippen molar-refractivity contribution >= 4 is 33.4 Å². The van der Waals surface area contributed by atoms with Crippen LogP contribution in [0.15, 0.2) is 24.3 Å². The second-order valence-electron chi connectivity index (χ2n) is 5.54. The lowest BCUT2D eigenvalue weighted by Crippen LogP contribution is -2.49. The first kappa shape index (κ1) is 19.1. The molecule has 0 aliphatic heterocycles. The van der Waals surface area contributed by atoms with Crippen LogP contribution >= 0.6 is 11.3 Å². The Balaban J connectivity index is 2.41. The summed E-state index contributed by atoms with van der Waals surface area (Å²) in [6.45, 7) is 1.16. The zero-order valence-electron chi connectivity index (χ0n) is 13.2. The summed E-state index contributed by atoms with van der Waals surface area (Å²) in [5, 5.41) is 18.5. The van der Waals surface area contributed by atoms with Crippen LogP contribution in [0.5, 0.6) is 0 Å². The highest BCUT2D eigenvalue weighted by atomic mass is 32.1. The van der Waals surface area contributed by atoms with E-state index < -0.39 is 41.1 Å². The number of likely N-dealkylation sites (N-methyl/N-ethyl adjacent to an activating group) is 1. The number of benzene rings is 1. The minimum absolute atomic E-state index is 0.268. The Bertz CT molecular complexity index is 774. The molecule has 136 valence electrons. The van der Waals surface area contributed by atoms with Crippen molar-refractivity contribution in [3.63, 3.8) is 0 Å². The number of nitrogens with zero attached hydrogens (tertiary/aromatic N) is 2. The molecule has 2 atom stereocenters. The van der Waals surface area contributed by atoms with Gasteiger partial charge in [0.2, 0.25) is 11.5 Å². The summed E-state index contributed by atoms with van der Waals surface area (Å²) in [6.07, 6.45) is -6.52. The number of hydrogen-bond donors (Lipinski definition) is 2. The third-order valence-electron chi connectivity index (χ3n) is 3.86. The van der Waals surface area contributed by atoms with Crippen LogP contribution in [0.1, 0.15) is 18.4 Å². The fourth-order valence-electron chi connectivity index (χ4n) is 2.07. The van der Waals surface area contributed by atoms with E-state index in [9.17, 15) is 27.9 Å². The van der Waals surface area contributed by atoms with Crippen molar-refractivity contribution in [1.82, 2.24) is 9.88 Å². The van der Waals surface area contributed by atoms with E-state index in [4.69, 9.17) is 5.11 Å². The molecule has 0 aliphatic rings. The van der Waals surface area contributed by atoms with Crippen LogP contribution < -0.4 is 0 Å². The number of rotatable bonds is 5. The normalized spacial score (nSPS) is 15.6. The summed E-state index contributed by atoms with van der Waals surface area (Å²) in [4.78, 5) is 27.5. The fourth-order valence-corrected chi connectivity index (χ4v) is 3.15. The summed E-state index contributed by atoms with van der Waals surface area (Å²) in [5.74, 6) is -2.53. The van der Waals surface area contributed by atoms with Gasteiger partial charge in [-0.3, -0.25) is 4.79 Å². The summed E-state index contributed by atoms with van der Waals surface area (Å²) < 4.78 is 41.0. The Morgan fingerprint density at radius 2 is 1.92 bits per heavy atom. The van der Waals surface area contributed by atoms with Crippen molar-refractivity contribution in [3.05, 3.63) is 29.3 Å². The van der Waals surface area contributed by atoms with Crippen molar-refractivity contribution in [2.24, 2.45) is 0 Å². The number of carboxylic acids is 1. The van der Waals surface area contributed by atoms with Gasteiger partial charge in [0.1, 0.15) is 11.0 Å².